The quantitative estimate of drug-likeness (QED) is 0.883. The van der Waals surface area contributed by atoms with Crippen molar-refractivity contribution >= 4 is 6.03 Å². The molecular weight excluding hydrogens is 312 g/mol. The zero-order valence-corrected chi connectivity index (χ0v) is 15.0. The van der Waals surface area contributed by atoms with E-state index < -0.39 is 0 Å². The molecule has 1 saturated heterocycles. The molecule has 1 saturated carbocycles. The Morgan fingerprint density at radius 1 is 1.24 bits per heavy atom. The summed E-state index contributed by atoms with van der Waals surface area (Å²) in [6.45, 7) is 4.13. The molecule has 5 nitrogen and oxygen atoms in total. The van der Waals surface area contributed by atoms with Gasteiger partial charge in [-0.05, 0) is 50.3 Å². The zero-order valence-electron chi connectivity index (χ0n) is 15.0. The molecule has 2 amide bonds. The highest BCUT2D eigenvalue weighted by molar-refractivity contribution is 5.74. The first-order valence-corrected chi connectivity index (χ1v) is 9.47. The Labute approximate surface area is 150 Å². The SMILES string of the molecule is C[C@@H](NC(=O)NC1CCN(C2CCCC2)CC1)c1cccc(C#N)c1. The van der Waals surface area contributed by atoms with Gasteiger partial charge in [0.25, 0.3) is 0 Å². The molecule has 1 aliphatic carbocycles. The van der Waals surface area contributed by atoms with Crippen molar-refractivity contribution in [3.63, 3.8) is 0 Å². The second-order valence-corrected chi connectivity index (χ2v) is 7.33. The number of carbonyl (C=O) groups is 1. The van der Waals surface area contributed by atoms with Gasteiger partial charge in [-0.25, -0.2) is 4.79 Å². The van der Waals surface area contributed by atoms with Gasteiger partial charge in [-0.2, -0.15) is 5.26 Å². The van der Waals surface area contributed by atoms with Crippen LogP contribution < -0.4 is 10.6 Å². The van der Waals surface area contributed by atoms with E-state index in [0.717, 1.165) is 37.5 Å². The summed E-state index contributed by atoms with van der Waals surface area (Å²) < 4.78 is 0. The fraction of sp³-hybridized carbons (Fsp3) is 0.600. The van der Waals surface area contributed by atoms with Crippen molar-refractivity contribution in [2.45, 2.75) is 63.6 Å². The van der Waals surface area contributed by atoms with Crippen LogP contribution in [-0.2, 0) is 0 Å². The first kappa shape index (κ1) is 17.8. The summed E-state index contributed by atoms with van der Waals surface area (Å²) in [6.07, 6.45) is 7.49. The van der Waals surface area contributed by atoms with E-state index in [0.29, 0.717) is 5.56 Å². The summed E-state index contributed by atoms with van der Waals surface area (Å²) in [4.78, 5) is 14.9. The molecule has 0 spiro atoms. The Morgan fingerprint density at radius 2 is 1.96 bits per heavy atom. The molecule has 1 aromatic carbocycles. The number of benzene rings is 1. The van der Waals surface area contributed by atoms with Crippen LogP contribution in [0.5, 0.6) is 0 Å². The molecule has 0 unspecified atom stereocenters. The number of urea groups is 1. The van der Waals surface area contributed by atoms with Crippen molar-refractivity contribution in [1.82, 2.24) is 15.5 Å². The fourth-order valence-electron chi connectivity index (χ4n) is 4.06. The van der Waals surface area contributed by atoms with Crippen molar-refractivity contribution in [2.24, 2.45) is 0 Å². The van der Waals surface area contributed by atoms with Gasteiger partial charge < -0.3 is 15.5 Å². The number of nitrogens with one attached hydrogen (secondary N) is 2. The lowest BCUT2D eigenvalue weighted by atomic mass is 10.0. The molecule has 1 aromatic rings. The van der Waals surface area contributed by atoms with Crippen LogP contribution >= 0.6 is 0 Å². The lowest BCUT2D eigenvalue weighted by Gasteiger charge is -2.36. The van der Waals surface area contributed by atoms with Crippen molar-refractivity contribution in [1.29, 1.82) is 5.26 Å². The molecule has 0 aromatic heterocycles. The Morgan fingerprint density at radius 3 is 2.64 bits per heavy atom. The average molecular weight is 340 g/mol. The number of piperidine rings is 1. The van der Waals surface area contributed by atoms with Gasteiger partial charge >= 0.3 is 6.03 Å². The third-order valence-corrected chi connectivity index (χ3v) is 5.57. The minimum Gasteiger partial charge on any atom is -0.335 e. The van der Waals surface area contributed by atoms with E-state index in [2.05, 4.69) is 21.6 Å². The van der Waals surface area contributed by atoms with E-state index in [1.54, 1.807) is 6.07 Å². The Bertz CT molecular complexity index is 625. The maximum atomic E-state index is 12.3. The van der Waals surface area contributed by atoms with Gasteiger partial charge in [0, 0.05) is 25.2 Å². The Hall–Kier alpha value is -2.06. The maximum Gasteiger partial charge on any atom is 0.315 e. The molecule has 3 rings (SSSR count). The van der Waals surface area contributed by atoms with Crippen LogP contribution in [-0.4, -0.2) is 36.1 Å². The number of hydrogen-bond acceptors (Lipinski definition) is 3. The van der Waals surface area contributed by atoms with Gasteiger partial charge in [0.15, 0.2) is 0 Å². The number of hydrogen-bond donors (Lipinski definition) is 2. The molecule has 0 bridgehead atoms. The van der Waals surface area contributed by atoms with E-state index in [9.17, 15) is 4.79 Å². The number of nitriles is 1. The molecule has 5 heteroatoms. The van der Waals surface area contributed by atoms with E-state index in [4.69, 9.17) is 5.26 Å². The smallest absolute Gasteiger partial charge is 0.315 e. The van der Waals surface area contributed by atoms with E-state index in [1.165, 1.54) is 25.7 Å². The van der Waals surface area contributed by atoms with Crippen molar-refractivity contribution in [2.75, 3.05) is 13.1 Å². The standard InChI is InChI=1S/C20H28N4O/c1-15(17-6-4-5-16(13-17)14-21)22-20(25)23-18-9-11-24(12-10-18)19-7-2-3-8-19/h4-6,13,15,18-19H,2-3,7-12H2,1H3,(H2,22,23,25)/t15-/m1/s1. The minimum absolute atomic E-state index is 0.117. The topological polar surface area (TPSA) is 68.2 Å². The fourth-order valence-corrected chi connectivity index (χ4v) is 4.06. The largest absolute Gasteiger partial charge is 0.335 e. The summed E-state index contributed by atoms with van der Waals surface area (Å²) >= 11 is 0. The molecule has 0 radical (unpaired) electrons. The number of amides is 2. The average Bonchev–Trinajstić information content (AvgIpc) is 3.17. The summed E-state index contributed by atoms with van der Waals surface area (Å²) in [7, 11) is 0. The number of carbonyl (C=O) groups excluding carboxylic acids is 1. The summed E-state index contributed by atoms with van der Waals surface area (Å²) in [6, 6.07) is 10.3. The van der Waals surface area contributed by atoms with E-state index >= 15 is 0 Å². The highest BCUT2D eigenvalue weighted by Crippen LogP contribution is 2.26. The lowest BCUT2D eigenvalue weighted by molar-refractivity contribution is 0.145. The number of rotatable bonds is 4. The highest BCUT2D eigenvalue weighted by atomic mass is 16.2. The predicted octanol–water partition coefficient (Wildman–Crippen LogP) is 3.33. The molecule has 25 heavy (non-hydrogen) atoms. The Kier molecular flexibility index (Phi) is 5.93. The zero-order chi connectivity index (χ0) is 17.6. The lowest BCUT2D eigenvalue weighted by Crippen LogP contribution is -2.50. The molecule has 2 aliphatic rings. The molecule has 1 atom stereocenters. The highest BCUT2D eigenvalue weighted by Gasteiger charge is 2.27. The van der Waals surface area contributed by atoms with Crippen molar-refractivity contribution in [3.05, 3.63) is 35.4 Å². The third kappa shape index (κ3) is 4.73. The number of likely N-dealkylation sites (tertiary alicyclic amines) is 1. The second kappa shape index (κ2) is 8.35. The molecule has 1 heterocycles. The summed E-state index contributed by atoms with van der Waals surface area (Å²) in [5.41, 5.74) is 1.57. The maximum absolute atomic E-state index is 12.3. The van der Waals surface area contributed by atoms with Gasteiger partial charge in [0.2, 0.25) is 0 Å². The number of nitrogens with zero attached hydrogens (tertiary/aromatic N) is 2. The first-order valence-electron chi connectivity index (χ1n) is 9.47. The van der Waals surface area contributed by atoms with Gasteiger partial charge in [-0.1, -0.05) is 25.0 Å². The van der Waals surface area contributed by atoms with Crippen LogP contribution in [0.2, 0.25) is 0 Å². The van der Waals surface area contributed by atoms with E-state index in [-0.39, 0.29) is 18.1 Å². The van der Waals surface area contributed by atoms with Crippen LogP contribution in [0.3, 0.4) is 0 Å². The van der Waals surface area contributed by atoms with Gasteiger partial charge in [-0.15, -0.1) is 0 Å². The van der Waals surface area contributed by atoms with Crippen LogP contribution in [0.4, 0.5) is 4.79 Å². The van der Waals surface area contributed by atoms with Crippen molar-refractivity contribution in [3.8, 4) is 6.07 Å². The van der Waals surface area contributed by atoms with Crippen LogP contribution in [0.25, 0.3) is 0 Å². The van der Waals surface area contributed by atoms with Crippen LogP contribution in [0, 0.1) is 11.3 Å². The summed E-state index contributed by atoms with van der Waals surface area (Å²) in [5, 5.41) is 15.1. The van der Waals surface area contributed by atoms with Crippen molar-refractivity contribution < 1.29 is 4.79 Å². The second-order valence-electron chi connectivity index (χ2n) is 7.33. The molecule has 2 fully saturated rings. The Balaban J connectivity index is 1.44. The minimum atomic E-state index is -0.119. The molecular formula is C20H28N4O. The summed E-state index contributed by atoms with van der Waals surface area (Å²) in [5.74, 6) is 0. The third-order valence-electron chi connectivity index (χ3n) is 5.57. The van der Waals surface area contributed by atoms with Gasteiger partial charge in [0.1, 0.15) is 0 Å². The predicted molar refractivity (Wildman–Crippen MR) is 98.1 cm³/mol. The molecule has 2 N–H and O–H groups in total. The molecule has 134 valence electrons. The normalized spacial score (nSPS) is 20.8. The first-order chi connectivity index (χ1) is 12.2. The monoisotopic (exact) mass is 340 g/mol. The van der Waals surface area contributed by atoms with Gasteiger partial charge in [0.05, 0.1) is 17.7 Å². The van der Waals surface area contributed by atoms with Gasteiger partial charge in [-0.3, -0.25) is 0 Å². The molecule has 1 aliphatic heterocycles. The van der Waals surface area contributed by atoms with Crippen LogP contribution in [0.15, 0.2) is 24.3 Å². The van der Waals surface area contributed by atoms with Crippen LogP contribution in [0.1, 0.15) is 62.6 Å². The van der Waals surface area contributed by atoms with E-state index in [1.807, 2.05) is 25.1 Å².